The smallest absolute Gasteiger partial charge is 0.325 e. The second-order valence-corrected chi connectivity index (χ2v) is 4.57. The molecule has 1 aliphatic heterocycles. The monoisotopic (exact) mass is 244 g/mol. The van der Waals surface area contributed by atoms with Crippen molar-refractivity contribution in [2.45, 2.75) is 38.8 Å². The third-order valence-corrected chi connectivity index (χ3v) is 3.22. The minimum Gasteiger partial charge on any atom is -0.480 e. The molecule has 0 spiro atoms. The predicted molar refractivity (Wildman–Crippen MR) is 61.6 cm³/mol. The Hall–Kier alpha value is -1.30. The number of rotatable bonds is 3. The van der Waals surface area contributed by atoms with Crippen LogP contribution in [0.3, 0.4) is 0 Å². The number of aliphatic hydroxyl groups is 1. The average molecular weight is 244 g/mol. The molecule has 0 aromatic carbocycles. The molecular formula is C11H20N2O4. The van der Waals surface area contributed by atoms with Crippen molar-refractivity contribution in [1.29, 1.82) is 0 Å². The molecule has 0 aromatic heterocycles. The third kappa shape index (κ3) is 3.89. The zero-order valence-electron chi connectivity index (χ0n) is 10.2. The number of amides is 2. The van der Waals surface area contributed by atoms with Gasteiger partial charge in [0.15, 0.2) is 0 Å². The number of carbonyl (C=O) groups is 2. The number of piperidine rings is 1. The Bertz CT molecular complexity index is 285. The van der Waals surface area contributed by atoms with Crippen molar-refractivity contribution in [3.05, 3.63) is 0 Å². The summed E-state index contributed by atoms with van der Waals surface area (Å²) in [5.41, 5.74) is 0. The van der Waals surface area contributed by atoms with E-state index in [1.807, 2.05) is 0 Å². The summed E-state index contributed by atoms with van der Waals surface area (Å²) in [5, 5.41) is 20.5. The Morgan fingerprint density at radius 1 is 1.29 bits per heavy atom. The van der Waals surface area contributed by atoms with Gasteiger partial charge in [-0.15, -0.1) is 0 Å². The standard InChI is InChI=1S/C11H20N2O4/c1-7(10(15)16)12-11(17)13-5-3-9(4-6-13)8(2)14/h7-9,14H,3-6H2,1-2H3,(H,12,17)(H,15,16)/t7-,8?/m1/s1. The number of carboxylic acids is 1. The molecule has 2 amide bonds. The van der Waals surface area contributed by atoms with Crippen molar-refractivity contribution in [1.82, 2.24) is 10.2 Å². The number of carbonyl (C=O) groups excluding carboxylic acids is 1. The summed E-state index contributed by atoms with van der Waals surface area (Å²) in [6.07, 6.45) is 1.16. The summed E-state index contributed by atoms with van der Waals surface area (Å²) >= 11 is 0. The highest BCUT2D eigenvalue weighted by atomic mass is 16.4. The van der Waals surface area contributed by atoms with Gasteiger partial charge in [0.05, 0.1) is 6.10 Å². The highest BCUT2D eigenvalue weighted by Crippen LogP contribution is 2.20. The van der Waals surface area contributed by atoms with Gasteiger partial charge in [0.1, 0.15) is 6.04 Å². The molecule has 0 bridgehead atoms. The SMILES string of the molecule is CC(O)C1CCN(C(=O)N[C@H](C)C(=O)O)CC1. The third-order valence-electron chi connectivity index (χ3n) is 3.22. The molecule has 6 nitrogen and oxygen atoms in total. The fraction of sp³-hybridized carbons (Fsp3) is 0.818. The van der Waals surface area contributed by atoms with E-state index >= 15 is 0 Å². The van der Waals surface area contributed by atoms with Gasteiger partial charge < -0.3 is 20.4 Å². The van der Waals surface area contributed by atoms with E-state index in [9.17, 15) is 14.7 Å². The Morgan fingerprint density at radius 2 is 1.82 bits per heavy atom. The summed E-state index contributed by atoms with van der Waals surface area (Å²) in [4.78, 5) is 23.9. The lowest BCUT2D eigenvalue weighted by Crippen LogP contribution is -2.49. The lowest BCUT2D eigenvalue weighted by Gasteiger charge is -2.33. The van der Waals surface area contributed by atoms with E-state index in [0.717, 1.165) is 12.8 Å². The number of likely N-dealkylation sites (tertiary alicyclic amines) is 1. The lowest BCUT2D eigenvalue weighted by atomic mass is 9.92. The van der Waals surface area contributed by atoms with Gasteiger partial charge in [-0.3, -0.25) is 4.79 Å². The zero-order chi connectivity index (χ0) is 13.0. The molecule has 1 fully saturated rings. The van der Waals surface area contributed by atoms with Crippen LogP contribution < -0.4 is 5.32 Å². The maximum absolute atomic E-state index is 11.7. The van der Waals surface area contributed by atoms with Crippen LogP contribution in [-0.2, 0) is 4.79 Å². The van der Waals surface area contributed by atoms with Crippen LogP contribution >= 0.6 is 0 Å². The topological polar surface area (TPSA) is 89.9 Å². The van der Waals surface area contributed by atoms with E-state index in [1.165, 1.54) is 6.92 Å². The van der Waals surface area contributed by atoms with Crippen LogP contribution in [0.25, 0.3) is 0 Å². The molecule has 3 N–H and O–H groups in total. The molecule has 1 aliphatic rings. The van der Waals surface area contributed by atoms with E-state index in [1.54, 1.807) is 11.8 Å². The van der Waals surface area contributed by atoms with Crippen LogP contribution in [0, 0.1) is 5.92 Å². The van der Waals surface area contributed by atoms with E-state index in [2.05, 4.69) is 5.32 Å². The summed E-state index contributed by atoms with van der Waals surface area (Å²) in [5.74, 6) is -0.812. The Balaban J connectivity index is 2.38. The molecule has 0 saturated carbocycles. The molecule has 1 saturated heterocycles. The molecule has 0 aromatic rings. The molecule has 1 unspecified atom stereocenters. The summed E-state index contributed by atoms with van der Waals surface area (Å²) in [6, 6.07) is -1.22. The number of aliphatic hydroxyl groups excluding tert-OH is 1. The highest BCUT2D eigenvalue weighted by Gasteiger charge is 2.26. The number of urea groups is 1. The molecule has 0 aliphatic carbocycles. The van der Waals surface area contributed by atoms with Crippen LogP contribution in [0.1, 0.15) is 26.7 Å². The molecule has 2 atom stereocenters. The number of carboxylic acid groups (broad SMARTS) is 1. The molecular weight excluding hydrogens is 224 g/mol. The van der Waals surface area contributed by atoms with Crippen LogP contribution in [0.15, 0.2) is 0 Å². The van der Waals surface area contributed by atoms with Gasteiger partial charge in [-0.2, -0.15) is 0 Å². The quantitative estimate of drug-likeness (QED) is 0.664. The Labute approximate surface area is 101 Å². The molecule has 6 heteroatoms. The van der Waals surface area contributed by atoms with Gasteiger partial charge in [0, 0.05) is 13.1 Å². The van der Waals surface area contributed by atoms with Crippen LogP contribution in [0.4, 0.5) is 4.79 Å². The lowest BCUT2D eigenvalue weighted by molar-refractivity contribution is -0.138. The first-order valence-electron chi connectivity index (χ1n) is 5.88. The minimum absolute atomic E-state index is 0.232. The molecule has 17 heavy (non-hydrogen) atoms. The van der Waals surface area contributed by atoms with Gasteiger partial charge in [0.25, 0.3) is 0 Å². The number of aliphatic carboxylic acids is 1. The first kappa shape index (κ1) is 13.8. The number of hydrogen-bond acceptors (Lipinski definition) is 3. The zero-order valence-corrected chi connectivity index (χ0v) is 10.2. The Morgan fingerprint density at radius 3 is 2.24 bits per heavy atom. The first-order valence-corrected chi connectivity index (χ1v) is 5.88. The molecule has 1 heterocycles. The number of nitrogens with zero attached hydrogens (tertiary/aromatic N) is 1. The van der Waals surface area contributed by atoms with Crippen LogP contribution in [0.2, 0.25) is 0 Å². The fourth-order valence-electron chi connectivity index (χ4n) is 1.92. The van der Waals surface area contributed by atoms with Crippen LogP contribution in [-0.4, -0.2) is 52.3 Å². The summed E-state index contributed by atoms with van der Waals surface area (Å²) in [7, 11) is 0. The molecule has 1 rings (SSSR count). The van der Waals surface area contributed by atoms with E-state index in [0.29, 0.717) is 13.1 Å². The van der Waals surface area contributed by atoms with Crippen LogP contribution in [0.5, 0.6) is 0 Å². The normalized spacial score (nSPS) is 20.8. The van der Waals surface area contributed by atoms with Crippen molar-refractivity contribution in [3.8, 4) is 0 Å². The predicted octanol–water partition coefficient (Wildman–Crippen LogP) is 0.262. The second kappa shape index (κ2) is 5.86. The molecule has 0 radical (unpaired) electrons. The van der Waals surface area contributed by atoms with Gasteiger partial charge in [-0.25, -0.2) is 4.79 Å². The van der Waals surface area contributed by atoms with Crippen molar-refractivity contribution in [2.75, 3.05) is 13.1 Å². The van der Waals surface area contributed by atoms with Gasteiger partial charge in [0.2, 0.25) is 0 Å². The number of nitrogens with one attached hydrogen (secondary N) is 1. The first-order chi connectivity index (χ1) is 7.91. The van der Waals surface area contributed by atoms with E-state index < -0.39 is 12.0 Å². The molecule has 98 valence electrons. The van der Waals surface area contributed by atoms with E-state index in [-0.39, 0.29) is 18.1 Å². The second-order valence-electron chi connectivity index (χ2n) is 4.57. The highest BCUT2D eigenvalue weighted by molar-refractivity contribution is 5.82. The van der Waals surface area contributed by atoms with Gasteiger partial charge in [-0.1, -0.05) is 0 Å². The van der Waals surface area contributed by atoms with E-state index in [4.69, 9.17) is 5.11 Å². The maximum Gasteiger partial charge on any atom is 0.325 e. The van der Waals surface area contributed by atoms with Crippen molar-refractivity contribution >= 4 is 12.0 Å². The van der Waals surface area contributed by atoms with Gasteiger partial charge in [-0.05, 0) is 32.6 Å². The summed E-state index contributed by atoms with van der Waals surface area (Å²) < 4.78 is 0. The van der Waals surface area contributed by atoms with Gasteiger partial charge >= 0.3 is 12.0 Å². The maximum atomic E-state index is 11.7. The van der Waals surface area contributed by atoms with Crippen molar-refractivity contribution in [2.24, 2.45) is 5.92 Å². The number of hydrogen-bond donors (Lipinski definition) is 3. The van der Waals surface area contributed by atoms with Crippen molar-refractivity contribution in [3.63, 3.8) is 0 Å². The minimum atomic E-state index is -1.04. The summed E-state index contributed by atoms with van der Waals surface area (Å²) in [6.45, 7) is 4.32. The fourth-order valence-corrected chi connectivity index (χ4v) is 1.92. The Kier molecular flexibility index (Phi) is 4.74. The average Bonchev–Trinajstić information content (AvgIpc) is 2.28. The van der Waals surface area contributed by atoms with Crippen molar-refractivity contribution < 1.29 is 19.8 Å². The largest absolute Gasteiger partial charge is 0.480 e.